The summed E-state index contributed by atoms with van der Waals surface area (Å²) in [5.41, 5.74) is 7.47. The average Bonchev–Trinajstić information content (AvgIpc) is 2.49. The van der Waals surface area contributed by atoms with Gasteiger partial charge in [0.25, 0.3) is 0 Å². The van der Waals surface area contributed by atoms with Crippen LogP contribution in [0.3, 0.4) is 0 Å². The van der Waals surface area contributed by atoms with Gasteiger partial charge in [0.15, 0.2) is 5.78 Å². The zero-order chi connectivity index (χ0) is 16.4. The highest BCUT2D eigenvalue weighted by Gasteiger charge is 2.20. The van der Waals surface area contributed by atoms with Crippen molar-refractivity contribution in [2.24, 2.45) is 5.73 Å². The van der Waals surface area contributed by atoms with Crippen LogP contribution >= 0.6 is 12.4 Å². The highest BCUT2D eigenvalue weighted by Crippen LogP contribution is 2.23. The lowest BCUT2D eigenvalue weighted by atomic mass is 9.88. The molecule has 0 aliphatic rings. The van der Waals surface area contributed by atoms with Crippen LogP contribution in [0, 0.1) is 0 Å². The summed E-state index contributed by atoms with van der Waals surface area (Å²) in [5.74, 6) is 0.236. The molecule has 0 saturated carbocycles. The third-order valence-electron chi connectivity index (χ3n) is 4.18. The number of hydrogen-bond acceptors (Lipinski definition) is 2. The topological polar surface area (TPSA) is 43.1 Å². The van der Waals surface area contributed by atoms with E-state index in [0.29, 0.717) is 6.42 Å². The van der Waals surface area contributed by atoms with Gasteiger partial charge >= 0.3 is 0 Å². The Morgan fingerprint density at radius 2 is 1.48 bits per heavy atom. The Morgan fingerprint density at radius 3 is 2.04 bits per heavy atom. The van der Waals surface area contributed by atoms with Crippen LogP contribution in [-0.4, -0.2) is 5.78 Å². The van der Waals surface area contributed by atoms with Crippen LogP contribution in [0.1, 0.15) is 94.5 Å². The van der Waals surface area contributed by atoms with Crippen LogP contribution in [0.4, 0.5) is 0 Å². The minimum absolute atomic E-state index is 0. The molecule has 2 nitrogen and oxygen atoms in total. The fourth-order valence-corrected chi connectivity index (χ4v) is 2.84. The van der Waals surface area contributed by atoms with E-state index in [1.165, 1.54) is 38.5 Å². The van der Waals surface area contributed by atoms with E-state index in [1.807, 2.05) is 38.1 Å². The van der Waals surface area contributed by atoms with E-state index in [0.717, 1.165) is 24.0 Å². The Hall–Kier alpha value is -0.860. The lowest BCUT2D eigenvalue weighted by molar-refractivity contribution is 0.0977. The van der Waals surface area contributed by atoms with Gasteiger partial charge in [0.2, 0.25) is 0 Å². The normalized spacial score (nSPS) is 11.1. The summed E-state index contributed by atoms with van der Waals surface area (Å²) < 4.78 is 0. The predicted octanol–water partition coefficient (Wildman–Crippen LogP) is 6.02. The molecule has 0 heterocycles. The van der Waals surface area contributed by atoms with E-state index in [2.05, 4.69) is 6.92 Å². The number of unbranched alkanes of at least 4 members (excludes halogenated alkanes) is 7. The number of hydrogen-bond donors (Lipinski definition) is 1. The first-order valence-corrected chi connectivity index (χ1v) is 8.88. The van der Waals surface area contributed by atoms with Crippen molar-refractivity contribution in [1.29, 1.82) is 0 Å². The minimum Gasteiger partial charge on any atom is -0.322 e. The molecule has 1 rings (SSSR count). The number of halogens is 1. The molecule has 0 aromatic heterocycles. The van der Waals surface area contributed by atoms with E-state index < -0.39 is 5.54 Å². The van der Waals surface area contributed by atoms with Gasteiger partial charge < -0.3 is 5.73 Å². The third-order valence-corrected chi connectivity index (χ3v) is 4.18. The maximum Gasteiger partial charge on any atom is 0.163 e. The van der Waals surface area contributed by atoms with Gasteiger partial charge in [-0.25, -0.2) is 0 Å². The molecule has 0 atom stereocenters. The fourth-order valence-electron chi connectivity index (χ4n) is 2.84. The van der Waals surface area contributed by atoms with E-state index in [1.54, 1.807) is 0 Å². The zero-order valence-electron chi connectivity index (χ0n) is 15.1. The molecule has 23 heavy (non-hydrogen) atoms. The maximum atomic E-state index is 12.4. The summed E-state index contributed by atoms with van der Waals surface area (Å²) in [6.07, 6.45) is 10.7. The Labute approximate surface area is 148 Å². The van der Waals surface area contributed by atoms with Crippen LogP contribution in [0.25, 0.3) is 0 Å². The van der Waals surface area contributed by atoms with Crippen molar-refractivity contribution in [3.8, 4) is 0 Å². The van der Waals surface area contributed by atoms with Crippen LogP contribution in [-0.2, 0) is 5.54 Å². The Balaban J connectivity index is 0.00000484. The molecule has 0 radical (unpaired) electrons. The van der Waals surface area contributed by atoms with Crippen LogP contribution in [0.5, 0.6) is 0 Å². The predicted molar refractivity (Wildman–Crippen MR) is 102 cm³/mol. The summed E-state index contributed by atoms with van der Waals surface area (Å²) in [6, 6.07) is 7.77. The molecule has 0 amide bonds. The largest absolute Gasteiger partial charge is 0.322 e. The molecular formula is C20H34ClNO. The van der Waals surface area contributed by atoms with E-state index in [4.69, 9.17) is 5.73 Å². The number of rotatable bonds is 11. The molecule has 0 saturated heterocycles. The first kappa shape index (κ1) is 22.1. The van der Waals surface area contributed by atoms with E-state index in [-0.39, 0.29) is 18.2 Å². The lowest BCUT2D eigenvalue weighted by Gasteiger charge is -2.22. The van der Waals surface area contributed by atoms with Crippen LogP contribution in [0.2, 0.25) is 0 Å². The van der Waals surface area contributed by atoms with Crippen molar-refractivity contribution in [3.05, 3.63) is 35.4 Å². The quantitative estimate of drug-likeness (QED) is 0.396. The Morgan fingerprint density at radius 1 is 0.957 bits per heavy atom. The zero-order valence-corrected chi connectivity index (χ0v) is 15.9. The van der Waals surface area contributed by atoms with Gasteiger partial charge in [0, 0.05) is 17.5 Å². The molecule has 0 fully saturated rings. The number of ketones is 1. The maximum absolute atomic E-state index is 12.4. The van der Waals surface area contributed by atoms with Crippen LogP contribution in [0.15, 0.2) is 24.3 Å². The second kappa shape index (κ2) is 11.6. The molecule has 3 heteroatoms. The number of Topliss-reactive ketones (excluding diaryl/α,β-unsaturated/α-hetero) is 1. The summed E-state index contributed by atoms with van der Waals surface area (Å²) in [4.78, 5) is 12.4. The first-order chi connectivity index (χ1) is 10.5. The van der Waals surface area contributed by atoms with Gasteiger partial charge in [-0.1, -0.05) is 76.1 Å². The highest BCUT2D eigenvalue weighted by molar-refractivity contribution is 5.97. The molecule has 2 N–H and O–H groups in total. The fraction of sp³-hybridized carbons (Fsp3) is 0.650. The second-order valence-electron chi connectivity index (χ2n) is 6.92. The van der Waals surface area contributed by atoms with Crippen LogP contribution < -0.4 is 5.73 Å². The Kier molecular flexibility index (Phi) is 11.2. The lowest BCUT2D eigenvalue weighted by Crippen LogP contribution is -2.30. The number of nitrogens with two attached hydrogens (primary N) is 1. The molecule has 1 aromatic rings. The molecule has 0 unspecified atom stereocenters. The summed E-state index contributed by atoms with van der Waals surface area (Å²) in [5, 5.41) is 0. The average molecular weight is 340 g/mol. The first-order valence-electron chi connectivity index (χ1n) is 8.88. The third kappa shape index (κ3) is 8.53. The van der Waals surface area contributed by atoms with Gasteiger partial charge in [-0.2, -0.15) is 0 Å². The van der Waals surface area contributed by atoms with Crippen molar-refractivity contribution in [3.63, 3.8) is 0 Å². The van der Waals surface area contributed by atoms with Crippen molar-refractivity contribution in [1.82, 2.24) is 0 Å². The molecule has 0 aliphatic carbocycles. The molecular weight excluding hydrogens is 306 g/mol. The minimum atomic E-state index is -0.467. The molecule has 0 aliphatic heterocycles. The number of benzene rings is 1. The van der Waals surface area contributed by atoms with E-state index >= 15 is 0 Å². The number of carbonyl (C=O) groups excluding carboxylic acids is 1. The van der Waals surface area contributed by atoms with Crippen molar-refractivity contribution < 1.29 is 4.79 Å². The standard InChI is InChI=1S/C20H33NO.ClH/c1-4-5-6-7-8-9-10-11-16-19(22)17-14-12-13-15-18(17)20(2,3)21;/h12-15H,4-11,16,21H2,1-3H3;1H. The highest BCUT2D eigenvalue weighted by atomic mass is 35.5. The number of carbonyl (C=O) groups is 1. The van der Waals surface area contributed by atoms with Crippen molar-refractivity contribution in [2.45, 2.75) is 84.1 Å². The summed E-state index contributed by atoms with van der Waals surface area (Å²) in [7, 11) is 0. The Bertz CT molecular complexity index is 451. The monoisotopic (exact) mass is 339 g/mol. The summed E-state index contributed by atoms with van der Waals surface area (Å²) >= 11 is 0. The van der Waals surface area contributed by atoms with Gasteiger partial charge in [-0.05, 0) is 25.8 Å². The van der Waals surface area contributed by atoms with Gasteiger partial charge in [-0.3, -0.25) is 4.79 Å². The van der Waals surface area contributed by atoms with E-state index in [9.17, 15) is 4.79 Å². The van der Waals surface area contributed by atoms with Crippen molar-refractivity contribution in [2.75, 3.05) is 0 Å². The smallest absolute Gasteiger partial charge is 0.163 e. The summed E-state index contributed by atoms with van der Waals surface area (Å²) in [6.45, 7) is 6.15. The molecule has 1 aromatic carbocycles. The SMILES string of the molecule is CCCCCCCCCCC(=O)c1ccccc1C(C)(C)N.Cl. The molecule has 0 spiro atoms. The van der Waals surface area contributed by atoms with Gasteiger partial charge in [0.05, 0.1) is 0 Å². The molecule has 132 valence electrons. The second-order valence-corrected chi connectivity index (χ2v) is 6.92. The van der Waals surface area contributed by atoms with Crippen molar-refractivity contribution >= 4 is 18.2 Å². The van der Waals surface area contributed by atoms with Gasteiger partial charge in [0.1, 0.15) is 0 Å². The molecule has 0 bridgehead atoms. The van der Waals surface area contributed by atoms with Gasteiger partial charge in [-0.15, -0.1) is 12.4 Å².